The zero-order chi connectivity index (χ0) is 20.4. The molecule has 27 heavy (non-hydrogen) atoms. The van der Waals surface area contributed by atoms with Crippen molar-refractivity contribution in [2.75, 3.05) is 33.6 Å². The van der Waals surface area contributed by atoms with Crippen molar-refractivity contribution in [1.29, 1.82) is 0 Å². The molecule has 0 bridgehead atoms. The molecule has 0 spiro atoms. The molecule has 0 unspecified atom stereocenters. The number of aryl methyl sites for hydroxylation is 1. The summed E-state index contributed by atoms with van der Waals surface area (Å²) in [5, 5.41) is 2.71. The molecule has 2 aromatic carbocycles. The molecule has 0 saturated carbocycles. The molecule has 9 heteroatoms. The Morgan fingerprint density at radius 2 is 1.63 bits per heavy atom. The number of amides is 1. The van der Waals surface area contributed by atoms with E-state index < -0.39 is 15.9 Å². The molecule has 0 fully saturated rings. The highest BCUT2D eigenvalue weighted by molar-refractivity contribution is 9.10. The quantitative estimate of drug-likeness (QED) is 0.720. The number of rotatable bonds is 6. The second-order valence-electron chi connectivity index (χ2n) is 5.92. The first-order valence-electron chi connectivity index (χ1n) is 7.88. The van der Waals surface area contributed by atoms with E-state index in [1.165, 1.54) is 34.4 Å². The number of nitrogens with one attached hydrogen (secondary N) is 1. The summed E-state index contributed by atoms with van der Waals surface area (Å²) in [6.07, 6.45) is 0. The Kier molecular flexibility index (Phi) is 6.50. The molecule has 0 aromatic heterocycles. The van der Waals surface area contributed by atoms with Gasteiger partial charge in [0.25, 0.3) is 5.91 Å². The van der Waals surface area contributed by atoms with Gasteiger partial charge in [0.1, 0.15) is 16.0 Å². The van der Waals surface area contributed by atoms with Gasteiger partial charge < -0.3 is 14.8 Å². The Labute approximate surface area is 167 Å². The molecule has 0 atom stereocenters. The number of hydrogen-bond acceptors (Lipinski definition) is 5. The fraction of sp³-hybridized carbons (Fsp3) is 0.278. The van der Waals surface area contributed by atoms with Crippen LogP contribution in [-0.2, 0) is 10.0 Å². The number of methoxy groups -OCH3 is 2. The molecule has 0 heterocycles. The summed E-state index contributed by atoms with van der Waals surface area (Å²) in [4.78, 5) is 12.8. The van der Waals surface area contributed by atoms with E-state index in [-0.39, 0.29) is 4.90 Å². The molecule has 1 N–H and O–H groups in total. The lowest BCUT2D eigenvalue weighted by atomic mass is 10.1. The minimum absolute atomic E-state index is 0.135. The van der Waals surface area contributed by atoms with Crippen molar-refractivity contribution < 1.29 is 22.7 Å². The lowest BCUT2D eigenvalue weighted by Gasteiger charge is -2.15. The Morgan fingerprint density at radius 3 is 2.11 bits per heavy atom. The van der Waals surface area contributed by atoms with E-state index in [9.17, 15) is 13.2 Å². The van der Waals surface area contributed by atoms with E-state index in [2.05, 4.69) is 21.2 Å². The molecular formula is C18H21BrN2O5S. The normalized spacial score (nSPS) is 11.4. The van der Waals surface area contributed by atoms with Crippen molar-refractivity contribution in [3.05, 3.63) is 45.9 Å². The van der Waals surface area contributed by atoms with E-state index in [0.29, 0.717) is 32.8 Å². The fourth-order valence-corrected chi connectivity index (χ4v) is 4.05. The third kappa shape index (κ3) is 4.42. The second-order valence-corrected chi connectivity index (χ2v) is 8.83. The van der Waals surface area contributed by atoms with E-state index in [4.69, 9.17) is 9.47 Å². The van der Waals surface area contributed by atoms with Gasteiger partial charge in [-0.25, -0.2) is 12.7 Å². The second kappa shape index (κ2) is 8.28. The predicted octanol–water partition coefficient (Wildman–Crippen LogP) is 3.28. The Hall–Kier alpha value is -2.10. The molecule has 0 radical (unpaired) electrons. The van der Waals surface area contributed by atoms with Crippen LogP contribution in [0.5, 0.6) is 11.5 Å². The van der Waals surface area contributed by atoms with Gasteiger partial charge in [-0.1, -0.05) is 6.07 Å². The van der Waals surface area contributed by atoms with Crippen LogP contribution in [0.1, 0.15) is 15.9 Å². The molecule has 146 valence electrons. The smallest absolute Gasteiger partial charge is 0.255 e. The zero-order valence-electron chi connectivity index (χ0n) is 15.7. The summed E-state index contributed by atoms with van der Waals surface area (Å²) >= 11 is 3.35. The first kappa shape index (κ1) is 21.2. The number of carbonyl (C=O) groups is 1. The zero-order valence-corrected chi connectivity index (χ0v) is 18.1. The molecule has 0 aliphatic rings. The number of anilines is 1. The number of carbonyl (C=O) groups excluding carboxylic acids is 1. The summed E-state index contributed by atoms with van der Waals surface area (Å²) < 4.78 is 37.1. The van der Waals surface area contributed by atoms with Gasteiger partial charge in [-0.2, -0.15) is 0 Å². The summed E-state index contributed by atoms with van der Waals surface area (Å²) in [5.74, 6) is 0.467. The highest BCUT2D eigenvalue weighted by atomic mass is 79.9. The number of sulfonamides is 1. The topological polar surface area (TPSA) is 84.9 Å². The van der Waals surface area contributed by atoms with Crippen LogP contribution in [0.3, 0.4) is 0 Å². The SMILES string of the molecule is COc1cc(C(=O)Nc2ccc(C)c(S(=O)(=O)N(C)C)c2)cc(OC)c1Br. The summed E-state index contributed by atoms with van der Waals surface area (Å²) in [6, 6.07) is 7.86. The highest BCUT2D eigenvalue weighted by Gasteiger charge is 2.21. The van der Waals surface area contributed by atoms with Gasteiger partial charge in [-0.15, -0.1) is 0 Å². The Balaban J connectivity index is 2.40. The molecule has 0 aliphatic carbocycles. The first-order valence-corrected chi connectivity index (χ1v) is 10.1. The van der Waals surface area contributed by atoms with Crippen LogP contribution in [0.2, 0.25) is 0 Å². The average Bonchev–Trinajstić information content (AvgIpc) is 2.63. The fourth-order valence-electron chi connectivity index (χ4n) is 2.36. The number of ether oxygens (including phenoxy) is 2. The molecule has 2 aromatic rings. The van der Waals surface area contributed by atoms with Crippen molar-refractivity contribution in [3.63, 3.8) is 0 Å². The van der Waals surface area contributed by atoms with Crippen molar-refractivity contribution in [3.8, 4) is 11.5 Å². The predicted molar refractivity (Wildman–Crippen MR) is 107 cm³/mol. The average molecular weight is 457 g/mol. The van der Waals surface area contributed by atoms with Gasteiger partial charge in [-0.05, 0) is 52.7 Å². The molecule has 0 aliphatic heterocycles. The number of halogens is 1. The standard InChI is InChI=1S/C18H21BrN2O5S/c1-11-6-7-13(10-16(11)27(23,24)21(2)3)20-18(22)12-8-14(25-4)17(19)15(9-12)26-5/h6-10H,1-5H3,(H,20,22). The van der Waals surface area contributed by atoms with Gasteiger partial charge in [0.2, 0.25) is 10.0 Å². The maximum atomic E-state index is 12.6. The van der Waals surface area contributed by atoms with Gasteiger partial charge in [-0.3, -0.25) is 4.79 Å². The van der Waals surface area contributed by atoms with Crippen molar-refractivity contribution in [2.45, 2.75) is 11.8 Å². The Morgan fingerprint density at radius 1 is 1.07 bits per heavy atom. The van der Waals surface area contributed by atoms with Crippen LogP contribution < -0.4 is 14.8 Å². The van der Waals surface area contributed by atoms with Crippen LogP contribution in [0.15, 0.2) is 39.7 Å². The van der Waals surface area contributed by atoms with E-state index >= 15 is 0 Å². The summed E-state index contributed by atoms with van der Waals surface area (Å²) in [5.41, 5.74) is 1.27. The van der Waals surface area contributed by atoms with E-state index in [0.717, 1.165) is 4.31 Å². The highest BCUT2D eigenvalue weighted by Crippen LogP contribution is 2.35. The third-order valence-electron chi connectivity index (χ3n) is 3.91. The maximum absolute atomic E-state index is 12.6. The van der Waals surface area contributed by atoms with Crippen LogP contribution in [0.25, 0.3) is 0 Å². The molecule has 1 amide bonds. The number of hydrogen-bond donors (Lipinski definition) is 1. The van der Waals surface area contributed by atoms with Gasteiger partial charge in [0, 0.05) is 25.3 Å². The van der Waals surface area contributed by atoms with Crippen molar-refractivity contribution in [1.82, 2.24) is 4.31 Å². The van der Waals surface area contributed by atoms with Crippen LogP contribution >= 0.6 is 15.9 Å². The first-order chi connectivity index (χ1) is 12.6. The van der Waals surface area contributed by atoms with Gasteiger partial charge in [0.05, 0.1) is 19.1 Å². The minimum atomic E-state index is -3.62. The number of nitrogens with zero attached hydrogens (tertiary/aromatic N) is 1. The number of benzene rings is 2. The van der Waals surface area contributed by atoms with Gasteiger partial charge >= 0.3 is 0 Å². The third-order valence-corrected chi connectivity index (χ3v) is 6.65. The van der Waals surface area contributed by atoms with Crippen LogP contribution in [0.4, 0.5) is 5.69 Å². The molecular weight excluding hydrogens is 436 g/mol. The van der Waals surface area contributed by atoms with Crippen molar-refractivity contribution >= 4 is 37.5 Å². The van der Waals surface area contributed by atoms with Crippen molar-refractivity contribution in [2.24, 2.45) is 0 Å². The molecule has 7 nitrogen and oxygen atoms in total. The Bertz CT molecular complexity index is 949. The minimum Gasteiger partial charge on any atom is -0.495 e. The summed E-state index contributed by atoms with van der Waals surface area (Å²) in [7, 11) is 2.27. The lowest BCUT2D eigenvalue weighted by Crippen LogP contribution is -2.23. The molecule has 2 rings (SSSR count). The largest absolute Gasteiger partial charge is 0.495 e. The van der Waals surface area contributed by atoms with Gasteiger partial charge in [0.15, 0.2) is 0 Å². The molecule has 0 saturated heterocycles. The van der Waals surface area contributed by atoms with Crippen LogP contribution in [-0.4, -0.2) is 46.9 Å². The lowest BCUT2D eigenvalue weighted by molar-refractivity contribution is 0.102. The van der Waals surface area contributed by atoms with E-state index in [1.807, 2.05) is 0 Å². The summed E-state index contributed by atoms with van der Waals surface area (Å²) in [6.45, 7) is 1.70. The maximum Gasteiger partial charge on any atom is 0.255 e. The van der Waals surface area contributed by atoms with E-state index in [1.54, 1.807) is 31.2 Å². The van der Waals surface area contributed by atoms with Crippen LogP contribution in [0, 0.1) is 6.92 Å². The monoisotopic (exact) mass is 456 g/mol.